The van der Waals surface area contributed by atoms with Crippen molar-refractivity contribution < 1.29 is 15.0 Å². The number of rotatable bonds is 6. The Bertz CT molecular complexity index is 724. The molecule has 1 aromatic heterocycles. The number of carbonyl (C=O) groups is 1. The number of amides is 1. The van der Waals surface area contributed by atoms with Crippen LogP contribution in [0.15, 0.2) is 24.3 Å². The van der Waals surface area contributed by atoms with E-state index in [-0.39, 0.29) is 25.2 Å². The van der Waals surface area contributed by atoms with E-state index in [2.05, 4.69) is 5.32 Å². The zero-order valence-corrected chi connectivity index (χ0v) is 13.8. The van der Waals surface area contributed by atoms with Crippen molar-refractivity contribution in [1.82, 2.24) is 10.3 Å². The van der Waals surface area contributed by atoms with Gasteiger partial charge in [0.1, 0.15) is 0 Å². The molecule has 128 valence electrons. The van der Waals surface area contributed by atoms with E-state index in [1.165, 1.54) is 0 Å². The Labute approximate surface area is 141 Å². The number of aliphatic hydroxyl groups is 2. The van der Waals surface area contributed by atoms with E-state index in [0.29, 0.717) is 12.8 Å². The fraction of sp³-hybridized carbons (Fsp3) is 0.474. The smallest absolute Gasteiger partial charge is 0.252 e. The highest BCUT2D eigenvalue weighted by molar-refractivity contribution is 6.07. The zero-order valence-electron chi connectivity index (χ0n) is 13.8. The number of aryl methyl sites for hydroxylation is 1. The second-order valence-electron chi connectivity index (χ2n) is 6.33. The molecule has 24 heavy (non-hydrogen) atoms. The number of nitrogens with zero attached hydrogens (tertiary/aromatic N) is 1. The van der Waals surface area contributed by atoms with Gasteiger partial charge in [-0.1, -0.05) is 18.2 Å². The van der Waals surface area contributed by atoms with E-state index < -0.39 is 0 Å². The number of carbonyl (C=O) groups excluding carboxylic acids is 1. The van der Waals surface area contributed by atoms with Crippen LogP contribution in [0, 0.1) is 0 Å². The zero-order chi connectivity index (χ0) is 16.9. The molecule has 1 aliphatic carbocycles. The van der Waals surface area contributed by atoms with Gasteiger partial charge in [0.05, 0.1) is 11.1 Å². The van der Waals surface area contributed by atoms with E-state index in [1.807, 2.05) is 24.3 Å². The Balaban J connectivity index is 2.01. The highest BCUT2D eigenvalue weighted by atomic mass is 16.3. The molecule has 0 spiro atoms. The Hall–Kier alpha value is -1.98. The third-order valence-corrected chi connectivity index (χ3v) is 4.69. The average Bonchev–Trinajstić information content (AvgIpc) is 2.60. The standard InChI is InChI=1S/C19H24N2O3/c22-11-9-13(10-12-23)20-19(24)18-14-5-1-3-7-16(14)21-17-8-4-2-6-15(17)18/h1,3,5,7,13,22-23H,2,4,6,8-12H2,(H,20,24). The molecule has 0 bridgehead atoms. The Morgan fingerprint density at radius 2 is 1.83 bits per heavy atom. The fourth-order valence-electron chi connectivity index (χ4n) is 3.49. The van der Waals surface area contributed by atoms with Crippen molar-refractivity contribution in [2.45, 2.75) is 44.6 Å². The molecule has 0 atom stereocenters. The first kappa shape index (κ1) is 16.9. The topological polar surface area (TPSA) is 82.5 Å². The van der Waals surface area contributed by atoms with Crippen LogP contribution in [0.3, 0.4) is 0 Å². The summed E-state index contributed by atoms with van der Waals surface area (Å²) in [4.78, 5) is 17.7. The first-order chi connectivity index (χ1) is 11.7. The minimum Gasteiger partial charge on any atom is -0.396 e. The molecule has 0 unspecified atom stereocenters. The second kappa shape index (κ2) is 7.73. The number of hydrogen-bond acceptors (Lipinski definition) is 4. The molecule has 1 aliphatic rings. The first-order valence-electron chi connectivity index (χ1n) is 8.67. The molecular weight excluding hydrogens is 304 g/mol. The molecule has 0 saturated heterocycles. The normalized spacial score (nSPS) is 14.0. The molecule has 5 heteroatoms. The quantitative estimate of drug-likeness (QED) is 0.757. The van der Waals surface area contributed by atoms with Crippen LogP contribution in [0.1, 0.15) is 47.3 Å². The Morgan fingerprint density at radius 1 is 1.12 bits per heavy atom. The van der Waals surface area contributed by atoms with Gasteiger partial charge >= 0.3 is 0 Å². The van der Waals surface area contributed by atoms with Crippen molar-refractivity contribution in [1.29, 1.82) is 0 Å². The maximum absolute atomic E-state index is 13.0. The van der Waals surface area contributed by atoms with E-state index in [0.717, 1.165) is 53.4 Å². The second-order valence-corrected chi connectivity index (χ2v) is 6.33. The lowest BCUT2D eigenvalue weighted by atomic mass is 9.89. The number of nitrogens with one attached hydrogen (secondary N) is 1. The lowest BCUT2D eigenvalue weighted by Crippen LogP contribution is -2.37. The van der Waals surface area contributed by atoms with Gasteiger partial charge in [0, 0.05) is 30.3 Å². The molecule has 3 N–H and O–H groups in total. The van der Waals surface area contributed by atoms with Crippen molar-refractivity contribution in [3.05, 3.63) is 41.1 Å². The van der Waals surface area contributed by atoms with Gasteiger partial charge in [-0.05, 0) is 50.2 Å². The predicted molar refractivity (Wildman–Crippen MR) is 93.0 cm³/mol. The van der Waals surface area contributed by atoms with Gasteiger partial charge in [-0.25, -0.2) is 0 Å². The van der Waals surface area contributed by atoms with Crippen LogP contribution in [0.5, 0.6) is 0 Å². The van der Waals surface area contributed by atoms with E-state index in [4.69, 9.17) is 15.2 Å². The third-order valence-electron chi connectivity index (χ3n) is 4.69. The monoisotopic (exact) mass is 328 g/mol. The summed E-state index contributed by atoms with van der Waals surface area (Å²) in [7, 11) is 0. The summed E-state index contributed by atoms with van der Waals surface area (Å²) in [6.07, 6.45) is 4.85. The highest BCUT2D eigenvalue weighted by Gasteiger charge is 2.23. The lowest BCUT2D eigenvalue weighted by Gasteiger charge is -2.22. The number of pyridine rings is 1. The van der Waals surface area contributed by atoms with E-state index >= 15 is 0 Å². The number of aliphatic hydroxyl groups excluding tert-OH is 2. The molecule has 5 nitrogen and oxygen atoms in total. The maximum Gasteiger partial charge on any atom is 0.252 e. The van der Waals surface area contributed by atoms with Crippen LogP contribution in [-0.4, -0.2) is 40.4 Å². The number of aromatic nitrogens is 1. The Morgan fingerprint density at radius 3 is 2.58 bits per heavy atom. The SMILES string of the molecule is O=C(NC(CCO)CCO)c1c2c(nc3ccccc13)CCCC2. The molecule has 0 fully saturated rings. The van der Waals surface area contributed by atoms with E-state index in [9.17, 15) is 4.79 Å². The number of para-hydroxylation sites is 1. The minimum atomic E-state index is -0.223. The summed E-state index contributed by atoms with van der Waals surface area (Å²) >= 11 is 0. The number of benzene rings is 1. The van der Waals surface area contributed by atoms with Gasteiger partial charge in [0.25, 0.3) is 5.91 Å². The summed E-state index contributed by atoms with van der Waals surface area (Å²) in [5.74, 6) is -0.126. The van der Waals surface area contributed by atoms with Crippen molar-refractivity contribution in [2.24, 2.45) is 0 Å². The molecule has 1 heterocycles. The molecule has 1 aromatic carbocycles. The van der Waals surface area contributed by atoms with Crippen LogP contribution in [0.4, 0.5) is 0 Å². The van der Waals surface area contributed by atoms with Crippen LogP contribution < -0.4 is 5.32 Å². The summed E-state index contributed by atoms with van der Waals surface area (Å²) in [6.45, 7) is -0.0275. The van der Waals surface area contributed by atoms with Gasteiger partial charge in [-0.3, -0.25) is 9.78 Å². The number of hydrogen-bond donors (Lipinski definition) is 3. The molecule has 0 radical (unpaired) electrons. The van der Waals surface area contributed by atoms with Crippen LogP contribution >= 0.6 is 0 Å². The van der Waals surface area contributed by atoms with E-state index in [1.54, 1.807) is 0 Å². The summed E-state index contributed by atoms with van der Waals surface area (Å²) in [6, 6.07) is 7.53. The average molecular weight is 328 g/mol. The third kappa shape index (κ3) is 3.42. The van der Waals surface area contributed by atoms with Gasteiger partial charge < -0.3 is 15.5 Å². The van der Waals surface area contributed by atoms with Gasteiger partial charge in [0.15, 0.2) is 0 Å². The van der Waals surface area contributed by atoms with Gasteiger partial charge in [0.2, 0.25) is 0 Å². The summed E-state index contributed by atoms with van der Waals surface area (Å²) < 4.78 is 0. The number of fused-ring (bicyclic) bond motifs is 2. The summed E-state index contributed by atoms with van der Waals surface area (Å²) in [5, 5.41) is 22.2. The summed E-state index contributed by atoms with van der Waals surface area (Å²) in [5.41, 5.74) is 3.66. The Kier molecular flexibility index (Phi) is 5.43. The van der Waals surface area contributed by atoms with Crippen LogP contribution in [0.25, 0.3) is 10.9 Å². The minimum absolute atomic E-state index is 0.0137. The van der Waals surface area contributed by atoms with Gasteiger partial charge in [-0.15, -0.1) is 0 Å². The first-order valence-corrected chi connectivity index (χ1v) is 8.67. The van der Waals surface area contributed by atoms with Crippen LogP contribution in [0.2, 0.25) is 0 Å². The van der Waals surface area contributed by atoms with Crippen LogP contribution in [-0.2, 0) is 12.8 Å². The highest BCUT2D eigenvalue weighted by Crippen LogP contribution is 2.29. The molecule has 2 aromatic rings. The molecule has 0 aliphatic heterocycles. The lowest BCUT2D eigenvalue weighted by molar-refractivity contribution is 0.0922. The van der Waals surface area contributed by atoms with Crippen molar-refractivity contribution in [2.75, 3.05) is 13.2 Å². The molecule has 0 saturated carbocycles. The predicted octanol–water partition coefficient (Wildman–Crippen LogP) is 1.98. The largest absolute Gasteiger partial charge is 0.396 e. The van der Waals surface area contributed by atoms with Crippen molar-refractivity contribution in [3.8, 4) is 0 Å². The fourth-order valence-corrected chi connectivity index (χ4v) is 3.49. The molecule has 1 amide bonds. The van der Waals surface area contributed by atoms with Crippen molar-refractivity contribution >= 4 is 16.8 Å². The van der Waals surface area contributed by atoms with Crippen molar-refractivity contribution in [3.63, 3.8) is 0 Å². The van der Waals surface area contributed by atoms with Gasteiger partial charge in [-0.2, -0.15) is 0 Å². The maximum atomic E-state index is 13.0. The molecular formula is C19H24N2O3. The molecule has 3 rings (SSSR count).